The van der Waals surface area contributed by atoms with Crippen molar-refractivity contribution in [2.45, 2.75) is 45.6 Å². The SMILES string of the molecule is CCCCOc1ccc(CC(N)C(=O)CC)cc1. The number of unbranched alkanes of at least 4 members (excludes halogenated alkanes) is 1. The molecule has 1 aromatic carbocycles. The Kier molecular flexibility index (Phi) is 6.44. The van der Waals surface area contributed by atoms with Crippen LogP contribution >= 0.6 is 0 Å². The van der Waals surface area contributed by atoms with Gasteiger partial charge in [-0.2, -0.15) is 0 Å². The molecule has 0 bridgehead atoms. The van der Waals surface area contributed by atoms with Crippen LogP contribution in [0.2, 0.25) is 0 Å². The molecule has 1 aromatic rings. The Balaban J connectivity index is 2.47. The van der Waals surface area contributed by atoms with Crippen LogP contribution < -0.4 is 10.5 Å². The third-order valence-corrected chi connectivity index (χ3v) is 2.91. The van der Waals surface area contributed by atoms with Gasteiger partial charge in [0.2, 0.25) is 0 Å². The molecule has 100 valence electrons. The highest BCUT2D eigenvalue weighted by Gasteiger charge is 2.11. The molecule has 1 unspecified atom stereocenters. The van der Waals surface area contributed by atoms with E-state index >= 15 is 0 Å². The van der Waals surface area contributed by atoms with Crippen molar-refractivity contribution in [3.05, 3.63) is 29.8 Å². The number of rotatable bonds is 8. The van der Waals surface area contributed by atoms with Gasteiger partial charge in [-0.3, -0.25) is 4.79 Å². The van der Waals surface area contributed by atoms with E-state index in [2.05, 4.69) is 6.92 Å². The number of ketones is 1. The van der Waals surface area contributed by atoms with E-state index < -0.39 is 0 Å². The molecule has 1 atom stereocenters. The van der Waals surface area contributed by atoms with Crippen molar-refractivity contribution in [1.82, 2.24) is 0 Å². The van der Waals surface area contributed by atoms with Crippen LogP contribution in [-0.2, 0) is 11.2 Å². The van der Waals surface area contributed by atoms with Gasteiger partial charge < -0.3 is 10.5 Å². The van der Waals surface area contributed by atoms with E-state index in [-0.39, 0.29) is 11.8 Å². The van der Waals surface area contributed by atoms with Gasteiger partial charge in [-0.1, -0.05) is 32.4 Å². The lowest BCUT2D eigenvalue weighted by atomic mass is 10.0. The quantitative estimate of drug-likeness (QED) is 0.721. The summed E-state index contributed by atoms with van der Waals surface area (Å²) in [4.78, 5) is 11.4. The number of hydrogen-bond acceptors (Lipinski definition) is 3. The zero-order valence-electron chi connectivity index (χ0n) is 11.3. The summed E-state index contributed by atoms with van der Waals surface area (Å²) >= 11 is 0. The van der Waals surface area contributed by atoms with E-state index in [0.29, 0.717) is 12.8 Å². The first-order chi connectivity index (χ1) is 8.67. The second kappa shape index (κ2) is 7.88. The van der Waals surface area contributed by atoms with Crippen molar-refractivity contribution >= 4 is 5.78 Å². The molecule has 0 aliphatic heterocycles. The molecule has 3 nitrogen and oxygen atoms in total. The summed E-state index contributed by atoms with van der Waals surface area (Å²) in [5.41, 5.74) is 6.89. The lowest BCUT2D eigenvalue weighted by molar-refractivity contribution is -0.119. The van der Waals surface area contributed by atoms with Crippen molar-refractivity contribution in [3.8, 4) is 5.75 Å². The highest BCUT2D eigenvalue weighted by atomic mass is 16.5. The Bertz CT molecular complexity index is 359. The summed E-state index contributed by atoms with van der Waals surface area (Å²) in [6.07, 6.45) is 3.30. The summed E-state index contributed by atoms with van der Waals surface area (Å²) in [5.74, 6) is 0.987. The van der Waals surface area contributed by atoms with Gasteiger partial charge in [0.15, 0.2) is 0 Å². The van der Waals surface area contributed by atoms with Crippen LogP contribution in [-0.4, -0.2) is 18.4 Å². The number of carbonyl (C=O) groups excluding carboxylic acids is 1. The van der Waals surface area contributed by atoms with Crippen molar-refractivity contribution in [2.75, 3.05) is 6.61 Å². The number of benzene rings is 1. The first kappa shape index (κ1) is 14.7. The standard InChI is InChI=1S/C15H23NO2/c1-3-5-10-18-13-8-6-12(7-9-13)11-14(16)15(17)4-2/h6-9,14H,3-5,10-11,16H2,1-2H3. The topological polar surface area (TPSA) is 52.3 Å². The summed E-state index contributed by atoms with van der Waals surface area (Å²) in [5, 5.41) is 0. The number of ether oxygens (including phenoxy) is 1. The van der Waals surface area contributed by atoms with E-state index in [1.807, 2.05) is 31.2 Å². The molecule has 0 heterocycles. The second-order valence-corrected chi connectivity index (χ2v) is 4.48. The van der Waals surface area contributed by atoms with E-state index in [0.717, 1.165) is 30.8 Å². The molecule has 0 saturated carbocycles. The molecule has 0 fully saturated rings. The molecule has 0 spiro atoms. The highest BCUT2D eigenvalue weighted by molar-refractivity contribution is 5.83. The minimum atomic E-state index is -0.387. The van der Waals surface area contributed by atoms with Crippen LogP contribution in [0.25, 0.3) is 0 Å². The van der Waals surface area contributed by atoms with Gasteiger partial charge in [0.1, 0.15) is 11.5 Å². The number of hydrogen-bond donors (Lipinski definition) is 1. The second-order valence-electron chi connectivity index (χ2n) is 4.48. The summed E-state index contributed by atoms with van der Waals surface area (Å²) in [6.45, 7) is 4.73. The first-order valence-electron chi connectivity index (χ1n) is 6.67. The van der Waals surface area contributed by atoms with Gasteiger partial charge in [0, 0.05) is 6.42 Å². The van der Waals surface area contributed by atoms with Crippen LogP contribution in [0.5, 0.6) is 5.75 Å². The Morgan fingerprint density at radius 3 is 2.50 bits per heavy atom. The molecular formula is C15H23NO2. The number of carbonyl (C=O) groups is 1. The zero-order valence-corrected chi connectivity index (χ0v) is 11.3. The Morgan fingerprint density at radius 1 is 1.28 bits per heavy atom. The minimum absolute atomic E-state index is 0.110. The summed E-state index contributed by atoms with van der Waals surface area (Å²) in [6, 6.07) is 7.44. The maximum absolute atomic E-state index is 11.4. The molecule has 1 rings (SSSR count). The van der Waals surface area contributed by atoms with Gasteiger partial charge in [0.25, 0.3) is 0 Å². The van der Waals surface area contributed by atoms with Crippen molar-refractivity contribution in [1.29, 1.82) is 0 Å². The lowest BCUT2D eigenvalue weighted by Gasteiger charge is -2.10. The summed E-state index contributed by atoms with van der Waals surface area (Å²) < 4.78 is 5.58. The zero-order chi connectivity index (χ0) is 13.4. The third-order valence-electron chi connectivity index (χ3n) is 2.91. The first-order valence-corrected chi connectivity index (χ1v) is 6.67. The van der Waals surface area contributed by atoms with Crippen LogP contribution in [0.3, 0.4) is 0 Å². The molecule has 2 N–H and O–H groups in total. The highest BCUT2D eigenvalue weighted by Crippen LogP contribution is 2.14. The predicted octanol–water partition coefficient (Wildman–Crippen LogP) is 2.71. The minimum Gasteiger partial charge on any atom is -0.494 e. The van der Waals surface area contributed by atoms with Gasteiger partial charge in [-0.15, -0.1) is 0 Å². The number of nitrogens with two attached hydrogens (primary N) is 1. The molecule has 18 heavy (non-hydrogen) atoms. The van der Waals surface area contributed by atoms with Gasteiger partial charge in [-0.05, 0) is 30.5 Å². The largest absolute Gasteiger partial charge is 0.494 e. The van der Waals surface area contributed by atoms with Gasteiger partial charge in [0.05, 0.1) is 12.6 Å². The van der Waals surface area contributed by atoms with Crippen molar-refractivity contribution in [3.63, 3.8) is 0 Å². The smallest absolute Gasteiger partial charge is 0.149 e. The van der Waals surface area contributed by atoms with E-state index in [1.54, 1.807) is 0 Å². The molecule has 0 amide bonds. The fourth-order valence-corrected chi connectivity index (χ4v) is 1.69. The fourth-order valence-electron chi connectivity index (χ4n) is 1.69. The molecule has 0 radical (unpaired) electrons. The summed E-state index contributed by atoms with van der Waals surface area (Å²) in [7, 11) is 0. The molecule has 0 saturated heterocycles. The average molecular weight is 249 g/mol. The average Bonchev–Trinajstić information content (AvgIpc) is 2.40. The number of Topliss-reactive ketones (excluding diaryl/α,β-unsaturated/α-hetero) is 1. The van der Waals surface area contributed by atoms with E-state index in [9.17, 15) is 4.79 Å². The maximum atomic E-state index is 11.4. The molecule has 0 aliphatic carbocycles. The third kappa shape index (κ3) is 4.88. The van der Waals surface area contributed by atoms with Crippen LogP contribution in [0.1, 0.15) is 38.7 Å². The molecular weight excluding hydrogens is 226 g/mol. The van der Waals surface area contributed by atoms with Crippen LogP contribution in [0, 0.1) is 0 Å². The Morgan fingerprint density at radius 2 is 1.94 bits per heavy atom. The Hall–Kier alpha value is -1.35. The lowest BCUT2D eigenvalue weighted by Crippen LogP contribution is -2.32. The van der Waals surface area contributed by atoms with Crippen LogP contribution in [0.15, 0.2) is 24.3 Å². The van der Waals surface area contributed by atoms with E-state index in [4.69, 9.17) is 10.5 Å². The van der Waals surface area contributed by atoms with Crippen molar-refractivity contribution < 1.29 is 9.53 Å². The maximum Gasteiger partial charge on any atom is 0.149 e. The fraction of sp³-hybridized carbons (Fsp3) is 0.533. The molecule has 0 aliphatic rings. The van der Waals surface area contributed by atoms with Gasteiger partial charge >= 0.3 is 0 Å². The Labute approximate surface area is 109 Å². The molecule has 0 aromatic heterocycles. The normalized spacial score (nSPS) is 12.2. The van der Waals surface area contributed by atoms with E-state index in [1.165, 1.54) is 0 Å². The molecule has 3 heteroatoms. The van der Waals surface area contributed by atoms with Gasteiger partial charge in [-0.25, -0.2) is 0 Å². The van der Waals surface area contributed by atoms with Crippen molar-refractivity contribution in [2.24, 2.45) is 5.73 Å². The van der Waals surface area contributed by atoms with Crippen LogP contribution in [0.4, 0.5) is 0 Å². The monoisotopic (exact) mass is 249 g/mol. The predicted molar refractivity (Wildman–Crippen MR) is 73.8 cm³/mol.